The zero-order valence-corrected chi connectivity index (χ0v) is 15.0. The molecule has 26 heavy (non-hydrogen) atoms. The molecule has 0 aliphatic carbocycles. The smallest absolute Gasteiger partial charge is 0.253 e. The van der Waals surface area contributed by atoms with Crippen molar-refractivity contribution in [2.45, 2.75) is 12.8 Å². The van der Waals surface area contributed by atoms with E-state index in [1.165, 1.54) is 4.90 Å². The van der Waals surface area contributed by atoms with E-state index >= 15 is 0 Å². The van der Waals surface area contributed by atoms with Gasteiger partial charge in [0.2, 0.25) is 5.91 Å². The first kappa shape index (κ1) is 19.2. The summed E-state index contributed by atoms with van der Waals surface area (Å²) >= 11 is 0. The number of nitrogens with one attached hydrogen (secondary N) is 2. The quantitative estimate of drug-likeness (QED) is 0.751. The van der Waals surface area contributed by atoms with E-state index in [1.807, 2.05) is 6.07 Å². The van der Waals surface area contributed by atoms with Gasteiger partial charge in [-0.15, -0.1) is 0 Å². The van der Waals surface area contributed by atoms with Crippen LogP contribution in [0.1, 0.15) is 33.6 Å². The lowest BCUT2D eigenvalue weighted by Crippen LogP contribution is -2.25. The van der Waals surface area contributed by atoms with Crippen LogP contribution in [0.15, 0.2) is 54.6 Å². The average molecular weight is 353 g/mol. The lowest BCUT2D eigenvalue weighted by molar-refractivity contribution is -0.116. The van der Waals surface area contributed by atoms with E-state index in [0.717, 1.165) is 0 Å². The molecule has 0 fully saturated rings. The minimum absolute atomic E-state index is 0.121. The first-order chi connectivity index (χ1) is 12.5. The van der Waals surface area contributed by atoms with Crippen LogP contribution in [0.4, 0.5) is 5.69 Å². The zero-order chi connectivity index (χ0) is 18.9. The molecule has 0 heterocycles. The van der Waals surface area contributed by atoms with Gasteiger partial charge >= 0.3 is 0 Å². The number of rotatable bonds is 7. The molecular weight excluding hydrogens is 330 g/mol. The fourth-order valence-corrected chi connectivity index (χ4v) is 2.35. The zero-order valence-electron chi connectivity index (χ0n) is 15.0. The van der Waals surface area contributed by atoms with E-state index in [2.05, 4.69) is 10.6 Å². The largest absolute Gasteiger partial charge is 0.352 e. The predicted molar refractivity (Wildman–Crippen MR) is 101 cm³/mol. The van der Waals surface area contributed by atoms with Crippen LogP contribution in [-0.4, -0.2) is 43.3 Å². The molecule has 6 nitrogen and oxygen atoms in total. The molecule has 0 saturated heterocycles. The Kier molecular flexibility index (Phi) is 6.91. The Hall–Kier alpha value is -3.15. The van der Waals surface area contributed by atoms with Crippen molar-refractivity contribution < 1.29 is 14.4 Å². The Balaban J connectivity index is 1.76. The third-order valence-corrected chi connectivity index (χ3v) is 3.70. The Bertz CT molecular complexity index is 773. The maximum absolute atomic E-state index is 12.0. The summed E-state index contributed by atoms with van der Waals surface area (Å²) in [5.41, 5.74) is 1.69. The fourth-order valence-electron chi connectivity index (χ4n) is 2.35. The van der Waals surface area contributed by atoms with Crippen molar-refractivity contribution in [3.05, 3.63) is 65.7 Å². The van der Waals surface area contributed by atoms with Crippen LogP contribution in [-0.2, 0) is 4.79 Å². The van der Waals surface area contributed by atoms with Gasteiger partial charge < -0.3 is 15.5 Å². The molecular formula is C20H23N3O3. The van der Waals surface area contributed by atoms with Crippen molar-refractivity contribution in [1.29, 1.82) is 0 Å². The maximum Gasteiger partial charge on any atom is 0.253 e. The molecule has 0 bridgehead atoms. The third kappa shape index (κ3) is 5.73. The SMILES string of the molecule is CN(C)C(=O)c1cccc(NC(=O)CCCNC(=O)c2ccccc2)c1. The Morgan fingerprint density at radius 1 is 0.923 bits per heavy atom. The second-order valence-electron chi connectivity index (χ2n) is 6.05. The van der Waals surface area contributed by atoms with Crippen LogP contribution in [0.5, 0.6) is 0 Å². The summed E-state index contributed by atoms with van der Waals surface area (Å²) in [5, 5.41) is 5.56. The lowest BCUT2D eigenvalue weighted by Gasteiger charge is -2.11. The van der Waals surface area contributed by atoms with Crippen molar-refractivity contribution in [3.8, 4) is 0 Å². The molecule has 0 spiro atoms. The Morgan fingerprint density at radius 2 is 1.62 bits per heavy atom. The van der Waals surface area contributed by atoms with E-state index in [-0.39, 0.29) is 24.1 Å². The highest BCUT2D eigenvalue weighted by Crippen LogP contribution is 2.12. The number of carbonyl (C=O) groups excluding carboxylic acids is 3. The molecule has 0 atom stereocenters. The van der Waals surface area contributed by atoms with Gasteiger partial charge in [0.25, 0.3) is 11.8 Å². The summed E-state index contributed by atoms with van der Waals surface area (Å²) in [6.45, 7) is 0.417. The monoisotopic (exact) mass is 353 g/mol. The average Bonchev–Trinajstić information content (AvgIpc) is 2.65. The van der Waals surface area contributed by atoms with Gasteiger partial charge in [0.1, 0.15) is 0 Å². The van der Waals surface area contributed by atoms with Crippen LogP contribution >= 0.6 is 0 Å². The summed E-state index contributed by atoms with van der Waals surface area (Å²) in [4.78, 5) is 37.3. The van der Waals surface area contributed by atoms with E-state index < -0.39 is 0 Å². The summed E-state index contributed by atoms with van der Waals surface area (Å²) in [5.74, 6) is -0.431. The Labute approximate surface area is 153 Å². The molecule has 0 radical (unpaired) electrons. The number of anilines is 1. The molecule has 2 aromatic rings. The Morgan fingerprint density at radius 3 is 2.31 bits per heavy atom. The van der Waals surface area contributed by atoms with Crippen LogP contribution in [0.2, 0.25) is 0 Å². The minimum Gasteiger partial charge on any atom is -0.352 e. The minimum atomic E-state index is -0.159. The van der Waals surface area contributed by atoms with Crippen molar-refractivity contribution >= 4 is 23.4 Å². The normalized spacial score (nSPS) is 10.1. The predicted octanol–water partition coefficient (Wildman–Crippen LogP) is 2.54. The molecule has 0 saturated carbocycles. The number of nitrogens with zero attached hydrogens (tertiary/aromatic N) is 1. The molecule has 0 aromatic heterocycles. The topological polar surface area (TPSA) is 78.5 Å². The standard InChI is InChI=1S/C20H23N3O3/c1-23(2)20(26)16-10-6-11-17(14-16)22-18(24)12-7-13-21-19(25)15-8-4-3-5-9-15/h3-6,8-11,14H,7,12-13H2,1-2H3,(H,21,25)(H,22,24). The van der Waals surface area contributed by atoms with Gasteiger partial charge in [-0.05, 0) is 36.8 Å². The van der Waals surface area contributed by atoms with Crippen LogP contribution < -0.4 is 10.6 Å². The highest BCUT2D eigenvalue weighted by molar-refractivity contribution is 5.97. The summed E-state index contributed by atoms with van der Waals surface area (Å²) in [6, 6.07) is 15.8. The second-order valence-corrected chi connectivity index (χ2v) is 6.05. The molecule has 0 unspecified atom stereocenters. The highest BCUT2D eigenvalue weighted by Gasteiger charge is 2.10. The summed E-state index contributed by atoms with van der Waals surface area (Å²) in [6.07, 6.45) is 0.807. The summed E-state index contributed by atoms with van der Waals surface area (Å²) < 4.78 is 0. The first-order valence-electron chi connectivity index (χ1n) is 8.42. The van der Waals surface area contributed by atoms with Crippen molar-refractivity contribution in [3.63, 3.8) is 0 Å². The van der Waals surface area contributed by atoms with Crippen LogP contribution in [0, 0.1) is 0 Å². The number of hydrogen-bond donors (Lipinski definition) is 2. The van der Waals surface area contributed by atoms with Gasteiger partial charge in [0, 0.05) is 43.9 Å². The van der Waals surface area contributed by atoms with E-state index in [4.69, 9.17) is 0 Å². The van der Waals surface area contributed by atoms with Gasteiger partial charge in [-0.25, -0.2) is 0 Å². The fraction of sp³-hybridized carbons (Fsp3) is 0.250. The van der Waals surface area contributed by atoms with E-state index in [9.17, 15) is 14.4 Å². The van der Waals surface area contributed by atoms with Gasteiger partial charge in [-0.2, -0.15) is 0 Å². The number of amides is 3. The molecule has 2 aromatic carbocycles. The maximum atomic E-state index is 12.0. The van der Waals surface area contributed by atoms with Crippen LogP contribution in [0.3, 0.4) is 0 Å². The van der Waals surface area contributed by atoms with Gasteiger partial charge in [-0.3, -0.25) is 14.4 Å². The van der Waals surface area contributed by atoms with Gasteiger partial charge in [0.05, 0.1) is 0 Å². The highest BCUT2D eigenvalue weighted by atomic mass is 16.2. The summed E-state index contributed by atoms with van der Waals surface area (Å²) in [7, 11) is 3.36. The van der Waals surface area contributed by atoms with Crippen molar-refractivity contribution in [2.75, 3.05) is 26.0 Å². The second kappa shape index (κ2) is 9.36. The molecule has 6 heteroatoms. The molecule has 0 aliphatic heterocycles. The van der Waals surface area contributed by atoms with E-state index in [1.54, 1.807) is 62.6 Å². The van der Waals surface area contributed by atoms with Gasteiger partial charge in [-0.1, -0.05) is 24.3 Å². The van der Waals surface area contributed by atoms with E-state index in [0.29, 0.717) is 29.8 Å². The molecule has 0 aliphatic rings. The molecule has 2 N–H and O–H groups in total. The third-order valence-electron chi connectivity index (χ3n) is 3.70. The van der Waals surface area contributed by atoms with Crippen LogP contribution in [0.25, 0.3) is 0 Å². The van der Waals surface area contributed by atoms with Crippen molar-refractivity contribution in [2.24, 2.45) is 0 Å². The lowest BCUT2D eigenvalue weighted by atomic mass is 10.1. The number of hydrogen-bond acceptors (Lipinski definition) is 3. The molecule has 3 amide bonds. The molecule has 2 rings (SSSR count). The molecule has 136 valence electrons. The number of carbonyl (C=O) groups is 3. The first-order valence-corrected chi connectivity index (χ1v) is 8.42. The van der Waals surface area contributed by atoms with Gasteiger partial charge in [0.15, 0.2) is 0 Å². The number of benzene rings is 2. The van der Waals surface area contributed by atoms with Crippen molar-refractivity contribution in [1.82, 2.24) is 10.2 Å².